The number of amides is 1. The van der Waals surface area contributed by atoms with Crippen LogP contribution < -0.4 is 0 Å². The number of halogens is 1. The van der Waals surface area contributed by atoms with Crippen molar-refractivity contribution in [2.45, 2.75) is 6.54 Å². The number of aromatic nitrogens is 2. The smallest absolute Gasteiger partial charge is 0.271 e. The monoisotopic (exact) mass is 365 g/mol. The lowest BCUT2D eigenvalue weighted by Gasteiger charge is -2.16. The molecule has 0 N–H and O–H groups in total. The molecule has 0 fully saturated rings. The molecule has 1 amide bonds. The van der Waals surface area contributed by atoms with Gasteiger partial charge in [-0.3, -0.25) is 9.20 Å². The minimum atomic E-state index is -0.308. The summed E-state index contributed by atoms with van der Waals surface area (Å²) in [7, 11) is 1.78. The second-order valence-corrected chi connectivity index (χ2v) is 6.89. The van der Waals surface area contributed by atoms with Crippen LogP contribution in [0.15, 0.2) is 66.2 Å². The van der Waals surface area contributed by atoms with Gasteiger partial charge >= 0.3 is 0 Å². The van der Waals surface area contributed by atoms with E-state index in [-0.39, 0.29) is 11.7 Å². The van der Waals surface area contributed by atoms with Crippen molar-refractivity contribution in [3.63, 3.8) is 0 Å². The van der Waals surface area contributed by atoms with Gasteiger partial charge in [0.1, 0.15) is 11.5 Å². The Kier molecular flexibility index (Phi) is 4.26. The molecule has 26 heavy (non-hydrogen) atoms. The summed E-state index contributed by atoms with van der Waals surface area (Å²) in [5.74, 6) is -0.388. The molecule has 0 atom stereocenters. The second-order valence-electron chi connectivity index (χ2n) is 6.06. The molecule has 0 saturated carbocycles. The third kappa shape index (κ3) is 3.11. The number of carbonyl (C=O) groups is 1. The molecule has 0 radical (unpaired) electrons. The molecule has 2 aromatic heterocycles. The molecule has 0 aliphatic rings. The summed E-state index contributed by atoms with van der Waals surface area (Å²) in [5.41, 5.74) is 2.97. The van der Waals surface area contributed by atoms with Gasteiger partial charge in [0.2, 0.25) is 0 Å². The van der Waals surface area contributed by atoms with Crippen LogP contribution in [0.4, 0.5) is 4.39 Å². The fraction of sp³-hybridized carbons (Fsp3) is 0.100. The first-order chi connectivity index (χ1) is 12.6. The van der Waals surface area contributed by atoms with Crippen LogP contribution in [0.25, 0.3) is 16.2 Å². The van der Waals surface area contributed by atoms with E-state index in [9.17, 15) is 9.18 Å². The Labute approximate surface area is 154 Å². The molecule has 4 aromatic rings. The summed E-state index contributed by atoms with van der Waals surface area (Å²) < 4.78 is 15.2. The van der Waals surface area contributed by atoms with Crippen LogP contribution in [0, 0.1) is 5.82 Å². The van der Waals surface area contributed by atoms with E-state index in [1.807, 2.05) is 35.7 Å². The Balaban J connectivity index is 1.63. The highest BCUT2D eigenvalue weighted by molar-refractivity contribution is 7.15. The lowest BCUT2D eigenvalue weighted by molar-refractivity contribution is 0.0778. The second kappa shape index (κ2) is 6.72. The van der Waals surface area contributed by atoms with Gasteiger partial charge in [-0.05, 0) is 17.7 Å². The predicted octanol–water partition coefficient (Wildman–Crippen LogP) is 4.47. The van der Waals surface area contributed by atoms with Crippen molar-refractivity contribution in [2.24, 2.45) is 0 Å². The topological polar surface area (TPSA) is 37.6 Å². The van der Waals surface area contributed by atoms with Crippen molar-refractivity contribution in [3.05, 3.63) is 83.2 Å². The molecular formula is C20H16FN3OS. The van der Waals surface area contributed by atoms with Crippen molar-refractivity contribution < 1.29 is 9.18 Å². The standard InChI is InChI=1S/C20H16FN3OS/c1-23(11-14-6-3-2-4-7-14)19(25)18-13-26-20-22-17(12-24(18)20)15-8-5-9-16(21)10-15/h2-10,12-13H,11H2,1H3. The lowest BCUT2D eigenvalue weighted by Crippen LogP contribution is -2.27. The maximum atomic E-state index is 13.5. The third-order valence-electron chi connectivity index (χ3n) is 4.16. The van der Waals surface area contributed by atoms with Crippen molar-refractivity contribution >= 4 is 22.2 Å². The van der Waals surface area contributed by atoms with Gasteiger partial charge in [0, 0.05) is 30.7 Å². The van der Waals surface area contributed by atoms with Gasteiger partial charge in [-0.15, -0.1) is 11.3 Å². The maximum Gasteiger partial charge on any atom is 0.271 e. The van der Waals surface area contributed by atoms with Gasteiger partial charge in [0.25, 0.3) is 5.91 Å². The molecule has 4 nitrogen and oxygen atoms in total. The number of benzene rings is 2. The van der Waals surface area contributed by atoms with Crippen molar-refractivity contribution in [3.8, 4) is 11.3 Å². The molecule has 6 heteroatoms. The van der Waals surface area contributed by atoms with Gasteiger partial charge in [-0.25, -0.2) is 9.37 Å². The minimum absolute atomic E-state index is 0.0803. The van der Waals surface area contributed by atoms with E-state index in [1.165, 1.54) is 23.5 Å². The molecule has 2 aromatic carbocycles. The van der Waals surface area contributed by atoms with E-state index in [0.29, 0.717) is 28.5 Å². The average Bonchev–Trinajstić information content (AvgIpc) is 3.22. The van der Waals surface area contributed by atoms with Crippen LogP contribution in [-0.2, 0) is 6.54 Å². The van der Waals surface area contributed by atoms with Gasteiger partial charge < -0.3 is 4.90 Å². The highest BCUT2D eigenvalue weighted by Gasteiger charge is 2.18. The van der Waals surface area contributed by atoms with E-state index in [2.05, 4.69) is 4.98 Å². The summed E-state index contributed by atoms with van der Waals surface area (Å²) in [6.07, 6.45) is 1.78. The van der Waals surface area contributed by atoms with E-state index in [1.54, 1.807) is 34.7 Å². The lowest BCUT2D eigenvalue weighted by atomic mass is 10.2. The zero-order valence-corrected chi connectivity index (χ0v) is 14.9. The average molecular weight is 365 g/mol. The zero-order valence-electron chi connectivity index (χ0n) is 14.1. The molecule has 0 unspecified atom stereocenters. The number of carbonyl (C=O) groups excluding carboxylic acids is 1. The SMILES string of the molecule is CN(Cc1ccccc1)C(=O)c1csc2nc(-c3cccc(F)c3)cn12. The number of fused-ring (bicyclic) bond motifs is 1. The molecule has 0 aliphatic carbocycles. The number of hydrogen-bond acceptors (Lipinski definition) is 3. The van der Waals surface area contributed by atoms with Crippen molar-refractivity contribution in [1.29, 1.82) is 0 Å². The van der Waals surface area contributed by atoms with Gasteiger partial charge in [-0.2, -0.15) is 0 Å². The van der Waals surface area contributed by atoms with Crippen molar-refractivity contribution in [1.82, 2.24) is 14.3 Å². The van der Waals surface area contributed by atoms with Crippen LogP contribution in [0.1, 0.15) is 16.1 Å². The number of nitrogens with zero attached hydrogens (tertiary/aromatic N) is 3. The Morgan fingerprint density at radius 1 is 1.19 bits per heavy atom. The summed E-state index contributed by atoms with van der Waals surface area (Å²) in [4.78, 5) is 19.8. The molecule has 0 aliphatic heterocycles. The van der Waals surface area contributed by atoms with Crippen molar-refractivity contribution in [2.75, 3.05) is 7.05 Å². The highest BCUT2D eigenvalue weighted by Crippen LogP contribution is 2.25. The molecular weight excluding hydrogens is 349 g/mol. The van der Waals surface area contributed by atoms with E-state index in [4.69, 9.17) is 0 Å². The van der Waals surface area contributed by atoms with Crippen LogP contribution >= 0.6 is 11.3 Å². The molecule has 0 bridgehead atoms. The summed E-state index contributed by atoms with van der Waals surface area (Å²) in [6.45, 7) is 0.530. The Hall–Kier alpha value is -2.99. The number of thiazole rings is 1. The first-order valence-corrected chi connectivity index (χ1v) is 9.02. The van der Waals surface area contributed by atoms with Gasteiger partial charge in [0.15, 0.2) is 4.96 Å². The molecule has 0 spiro atoms. The largest absolute Gasteiger partial charge is 0.336 e. The summed E-state index contributed by atoms with van der Waals surface area (Å²) in [5, 5.41) is 1.81. The minimum Gasteiger partial charge on any atom is -0.336 e. The van der Waals surface area contributed by atoms with E-state index < -0.39 is 0 Å². The number of rotatable bonds is 4. The van der Waals surface area contributed by atoms with Gasteiger partial charge in [-0.1, -0.05) is 42.5 Å². The molecule has 4 rings (SSSR count). The van der Waals surface area contributed by atoms with Gasteiger partial charge in [0.05, 0.1) is 5.69 Å². The summed E-state index contributed by atoms with van der Waals surface area (Å²) in [6, 6.07) is 16.1. The van der Waals surface area contributed by atoms with Crippen LogP contribution in [-0.4, -0.2) is 27.2 Å². The van der Waals surface area contributed by atoms with Crippen LogP contribution in [0.3, 0.4) is 0 Å². The predicted molar refractivity (Wildman–Crippen MR) is 101 cm³/mol. The normalized spacial score (nSPS) is 11.0. The highest BCUT2D eigenvalue weighted by atomic mass is 32.1. The van der Waals surface area contributed by atoms with E-state index >= 15 is 0 Å². The van der Waals surface area contributed by atoms with E-state index in [0.717, 1.165) is 5.56 Å². The number of hydrogen-bond donors (Lipinski definition) is 0. The fourth-order valence-corrected chi connectivity index (χ4v) is 3.70. The molecule has 2 heterocycles. The Bertz CT molecular complexity index is 1070. The Morgan fingerprint density at radius 2 is 2.00 bits per heavy atom. The summed E-state index contributed by atoms with van der Waals surface area (Å²) >= 11 is 1.40. The molecule has 130 valence electrons. The first-order valence-electron chi connectivity index (χ1n) is 8.14. The third-order valence-corrected chi connectivity index (χ3v) is 5.00. The first kappa shape index (κ1) is 16.5. The zero-order chi connectivity index (χ0) is 18.1. The Morgan fingerprint density at radius 3 is 2.77 bits per heavy atom. The quantitative estimate of drug-likeness (QED) is 0.535. The maximum absolute atomic E-state index is 13.5. The van der Waals surface area contributed by atoms with Crippen LogP contribution in [0.5, 0.6) is 0 Å². The van der Waals surface area contributed by atoms with Crippen LogP contribution in [0.2, 0.25) is 0 Å². The molecule has 0 saturated heterocycles. The number of imidazole rings is 1. The fourth-order valence-electron chi connectivity index (χ4n) is 2.85.